The predicted octanol–water partition coefficient (Wildman–Crippen LogP) is 3.06. The number of nitrogens with one attached hydrogen (secondary N) is 1. The molecule has 31 heavy (non-hydrogen) atoms. The van der Waals surface area contributed by atoms with Gasteiger partial charge in [-0.15, -0.1) is 0 Å². The van der Waals surface area contributed by atoms with Crippen LogP contribution in [-0.2, 0) is 20.9 Å². The number of esters is 1. The number of hydrogen-bond acceptors (Lipinski definition) is 5. The Morgan fingerprint density at radius 3 is 2.65 bits per heavy atom. The number of rotatable bonds is 6. The molecule has 0 radical (unpaired) electrons. The Labute approximate surface area is 185 Å². The summed E-state index contributed by atoms with van der Waals surface area (Å²) in [6.07, 6.45) is 1.98. The average molecular weight is 439 g/mol. The van der Waals surface area contributed by atoms with Crippen LogP contribution in [0.15, 0.2) is 60.8 Å². The third-order valence-electron chi connectivity index (χ3n) is 5.33. The van der Waals surface area contributed by atoms with Crippen LogP contribution in [0.3, 0.4) is 0 Å². The van der Waals surface area contributed by atoms with Crippen molar-refractivity contribution >= 4 is 23.5 Å². The van der Waals surface area contributed by atoms with Gasteiger partial charge in [-0.3, -0.25) is 14.5 Å². The lowest BCUT2D eigenvalue weighted by molar-refractivity contribution is -0.146. The van der Waals surface area contributed by atoms with E-state index in [9.17, 15) is 9.59 Å². The lowest BCUT2D eigenvalue weighted by Crippen LogP contribution is -2.55. The minimum atomic E-state index is -0.584. The van der Waals surface area contributed by atoms with Crippen LogP contribution in [-0.4, -0.2) is 52.8 Å². The Hall–Kier alpha value is -3.16. The number of nitrogens with zero attached hydrogens (tertiary/aromatic N) is 3. The van der Waals surface area contributed by atoms with Gasteiger partial charge in [-0.05, 0) is 24.3 Å². The van der Waals surface area contributed by atoms with Gasteiger partial charge in [0.2, 0.25) is 5.91 Å². The quantitative estimate of drug-likeness (QED) is 0.598. The number of ether oxygens (including phenoxy) is 1. The largest absolute Gasteiger partial charge is 0.469 e. The first kappa shape index (κ1) is 21.1. The molecule has 1 saturated heterocycles. The van der Waals surface area contributed by atoms with Crippen molar-refractivity contribution in [2.45, 2.75) is 19.0 Å². The third kappa shape index (κ3) is 4.78. The van der Waals surface area contributed by atoms with Crippen molar-refractivity contribution in [1.82, 2.24) is 20.0 Å². The SMILES string of the molecule is COC(=O)C[C@H]1C(=O)NCCN1Cc1cn(-c2ccccc2)nc1-c1ccc(Cl)cc1. The molecule has 0 saturated carbocycles. The summed E-state index contributed by atoms with van der Waals surface area (Å²) in [6.45, 7) is 1.63. The molecule has 2 heterocycles. The van der Waals surface area contributed by atoms with E-state index in [1.54, 1.807) is 0 Å². The number of methoxy groups -OCH3 is 1. The van der Waals surface area contributed by atoms with E-state index < -0.39 is 12.0 Å². The van der Waals surface area contributed by atoms with Crippen LogP contribution in [0.2, 0.25) is 5.02 Å². The van der Waals surface area contributed by atoms with Crippen molar-refractivity contribution in [3.63, 3.8) is 0 Å². The fourth-order valence-electron chi connectivity index (χ4n) is 3.72. The topological polar surface area (TPSA) is 76.5 Å². The third-order valence-corrected chi connectivity index (χ3v) is 5.58. The van der Waals surface area contributed by atoms with Gasteiger partial charge in [-0.1, -0.05) is 41.9 Å². The summed E-state index contributed by atoms with van der Waals surface area (Å²) in [5.41, 5.74) is 3.63. The maximum absolute atomic E-state index is 12.5. The number of carbonyl (C=O) groups excluding carboxylic acids is 2. The summed E-state index contributed by atoms with van der Waals surface area (Å²) in [4.78, 5) is 26.3. The summed E-state index contributed by atoms with van der Waals surface area (Å²) < 4.78 is 6.62. The number of para-hydroxylation sites is 1. The number of aromatic nitrogens is 2. The van der Waals surface area contributed by atoms with Crippen molar-refractivity contribution in [2.75, 3.05) is 20.2 Å². The molecule has 1 amide bonds. The van der Waals surface area contributed by atoms with E-state index in [0.717, 1.165) is 22.5 Å². The van der Waals surface area contributed by atoms with Gasteiger partial charge in [-0.25, -0.2) is 4.68 Å². The van der Waals surface area contributed by atoms with E-state index in [-0.39, 0.29) is 12.3 Å². The van der Waals surface area contributed by atoms with Crippen molar-refractivity contribution in [2.24, 2.45) is 0 Å². The Morgan fingerprint density at radius 2 is 1.94 bits per heavy atom. The number of halogens is 1. The fraction of sp³-hybridized carbons (Fsp3) is 0.261. The standard InChI is InChI=1S/C23H23ClN4O3/c1-31-21(29)13-20-23(30)25-11-12-27(20)14-17-15-28(19-5-3-2-4-6-19)26-22(17)16-7-9-18(24)10-8-16/h2-10,15,20H,11-14H2,1H3,(H,25,30)/t20-/m0/s1. The van der Waals surface area contributed by atoms with Crippen LogP contribution >= 0.6 is 11.6 Å². The highest BCUT2D eigenvalue weighted by Gasteiger charge is 2.32. The van der Waals surface area contributed by atoms with Gasteiger partial charge in [0.15, 0.2) is 0 Å². The molecule has 1 atom stereocenters. The molecule has 4 rings (SSSR count). The van der Waals surface area contributed by atoms with E-state index in [1.165, 1.54) is 7.11 Å². The zero-order valence-corrected chi connectivity index (χ0v) is 17.9. The van der Waals surface area contributed by atoms with Gasteiger partial charge in [-0.2, -0.15) is 5.10 Å². The van der Waals surface area contributed by atoms with E-state index in [0.29, 0.717) is 24.7 Å². The minimum absolute atomic E-state index is 0.00539. The number of piperazine rings is 1. The summed E-state index contributed by atoms with van der Waals surface area (Å²) >= 11 is 6.07. The molecular formula is C23H23ClN4O3. The lowest BCUT2D eigenvalue weighted by Gasteiger charge is -2.34. The van der Waals surface area contributed by atoms with Crippen LogP contribution in [0.5, 0.6) is 0 Å². The number of hydrogen-bond donors (Lipinski definition) is 1. The van der Waals surface area contributed by atoms with E-state index >= 15 is 0 Å². The minimum Gasteiger partial charge on any atom is -0.469 e. The van der Waals surface area contributed by atoms with E-state index in [4.69, 9.17) is 21.4 Å². The first-order valence-electron chi connectivity index (χ1n) is 10.0. The van der Waals surface area contributed by atoms with Gasteiger partial charge < -0.3 is 10.1 Å². The molecule has 7 nitrogen and oxygen atoms in total. The van der Waals surface area contributed by atoms with Gasteiger partial charge in [0.25, 0.3) is 0 Å². The van der Waals surface area contributed by atoms with Crippen molar-refractivity contribution in [1.29, 1.82) is 0 Å². The lowest BCUT2D eigenvalue weighted by atomic mass is 10.0. The van der Waals surface area contributed by atoms with E-state index in [2.05, 4.69) is 5.32 Å². The molecule has 0 unspecified atom stereocenters. The highest BCUT2D eigenvalue weighted by molar-refractivity contribution is 6.30. The molecule has 1 aromatic heterocycles. The van der Waals surface area contributed by atoms with Gasteiger partial charge in [0, 0.05) is 42.0 Å². The Kier molecular flexibility index (Phi) is 6.34. The summed E-state index contributed by atoms with van der Waals surface area (Å²) in [5, 5.41) is 8.31. The van der Waals surface area contributed by atoms with Gasteiger partial charge >= 0.3 is 5.97 Å². The maximum atomic E-state index is 12.5. The second kappa shape index (κ2) is 9.32. The number of carbonyl (C=O) groups is 2. The van der Waals surface area contributed by atoms with Crippen molar-refractivity contribution < 1.29 is 14.3 Å². The first-order chi connectivity index (χ1) is 15.0. The van der Waals surface area contributed by atoms with Crippen molar-refractivity contribution in [3.05, 3.63) is 71.4 Å². The van der Waals surface area contributed by atoms with Gasteiger partial charge in [0.1, 0.15) is 6.04 Å². The highest BCUT2D eigenvalue weighted by atomic mass is 35.5. The molecule has 8 heteroatoms. The van der Waals surface area contributed by atoms with Crippen LogP contribution in [0.25, 0.3) is 16.9 Å². The Balaban J connectivity index is 1.70. The molecular weight excluding hydrogens is 416 g/mol. The van der Waals surface area contributed by atoms with Crippen LogP contribution in [0.4, 0.5) is 0 Å². The molecule has 0 aliphatic carbocycles. The zero-order chi connectivity index (χ0) is 21.8. The monoisotopic (exact) mass is 438 g/mol. The second-order valence-electron chi connectivity index (χ2n) is 7.35. The Bertz CT molecular complexity index is 1070. The second-order valence-corrected chi connectivity index (χ2v) is 7.78. The molecule has 160 valence electrons. The Morgan fingerprint density at radius 1 is 1.19 bits per heavy atom. The molecule has 1 N–H and O–H groups in total. The fourth-order valence-corrected chi connectivity index (χ4v) is 3.85. The van der Waals surface area contributed by atoms with Crippen LogP contribution in [0.1, 0.15) is 12.0 Å². The first-order valence-corrected chi connectivity index (χ1v) is 10.4. The average Bonchev–Trinajstić information content (AvgIpc) is 3.21. The molecule has 1 aliphatic heterocycles. The van der Waals surface area contributed by atoms with E-state index in [1.807, 2.05) is 70.4 Å². The van der Waals surface area contributed by atoms with Crippen LogP contribution in [0, 0.1) is 0 Å². The van der Waals surface area contributed by atoms with Crippen molar-refractivity contribution in [3.8, 4) is 16.9 Å². The molecule has 0 bridgehead atoms. The smallest absolute Gasteiger partial charge is 0.307 e. The summed E-state index contributed by atoms with van der Waals surface area (Å²) in [7, 11) is 1.33. The maximum Gasteiger partial charge on any atom is 0.307 e. The summed E-state index contributed by atoms with van der Waals surface area (Å²) in [5.74, 6) is -0.579. The number of benzene rings is 2. The predicted molar refractivity (Wildman–Crippen MR) is 118 cm³/mol. The molecule has 3 aromatic rings. The summed E-state index contributed by atoms with van der Waals surface area (Å²) in [6, 6.07) is 16.8. The zero-order valence-electron chi connectivity index (χ0n) is 17.1. The van der Waals surface area contributed by atoms with Gasteiger partial charge in [0.05, 0.1) is 24.9 Å². The number of amides is 1. The molecule has 0 spiro atoms. The highest BCUT2D eigenvalue weighted by Crippen LogP contribution is 2.27. The molecule has 1 fully saturated rings. The molecule has 2 aromatic carbocycles. The normalized spacial score (nSPS) is 16.7. The van der Waals surface area contributed by atoms with Crippen LogP contribution < -0.4 is 5.32 Å². The molecule has 1 aliphatic rings.